The highest BCUT2D eigenvalue weighted by Gasteiger charge is 2.10. The van der Waals surface area contributed by atoms with Crippen molar-refractivity contribution in [2.75, 3.05) is 0 Å². The van der Waals surface area contributed by atoms with Crippen molar-refractivity contribution in [3.63, 3.8) is 0 Å². The largest absolute Gasteiger partial charge is 0.481 e. The summed E-state index contributed by atoms with van der Waals surface area (Å²) in [7, 11) is 0. The van der Waals surface area contributed by atoms with Gasteiger partial charge >= 0.3 is 5.97 Å². The highest BCUT2D eigenvalue weighted by molar-refractivity contribution is 5.85. The highest BCUT2D eigenvalue weighted by atomic mass is 16.4. The van der Waals surface area contributed by atoms with Crippen LogP contribution in [0.1, 0.15) is 33.1 Å². The van der Waals surface area contributed by atoms with Crippen LogP contribution >= 0.6 is 0 Å². The molecule has 17 heavy (non-hydrogen) atoms. The second kappa shape index (κ2) is 12.4. The number of carbonyl (C=O) groups excluding carboxylic acids is 1. The Hall–Kier alpha value is -1.64. The lowest BCUT2D eigenvalue weighted by molar-refractivity contribution is -0.138. The lowest BCUT2D eigenvalue weighted by Crippen LogP contribution is -2.10. The van der Waals surface area contributed by atoms with Crippen molar-refractivity contribution in [2.45, 2.75) is 33.1 Å². The van der Waals surface area contributed by atoms with E-state index in [1.165, 1.54) is 0 Å². The van der Waals surface area contributed by atoms with E-state index < -0.39 is 5.97 Å². The second-order valence-corrected chi connectivity index (χ2v) is 3.47. The Kier molecular flexibility index (Phi) is 13.0. The first-order valence-corrected chi connectivity index (χ1v) is 5.64. The fourth-order valence-corrected chi connectivity index (χ4v) is 0.810. The molecule has 0 aromatic rings. The minimum atomic E-state index is -0.937. The molecule has 0 saturated carbocycles. The molecule has 0 rings (SSSR count). The minimum absolute atomic E-state index is 0.0551. The average Bonchev–Trinajstić information content (AvgIpc) is 2.33. The predicted octanol–water partition coefficient (Wildman–Crippen LogP) is 3.38. The van der Waals surface area contributed by atoms with Crippen molar-refractivity contribution in [1.29, 1.82) is 0 Å². The van der Waals surface area contributed by atoms with Crippen LogP contribution in [0.3, 0.4) is 0 Å². The maximum atomic E-state index is 11.2. The molecule has 1 atom stereocenters. The van der Waals surface area contributed by atoms with Crippen LogP contribution in [-0.4, -0.2) is 16.9 Å². The van der Waals surface area contributed by atoms with Gasteiger partial charge in [-0.15, -0.1) is 6.58 Å². The molecular formula is C14H22O3. The van der Waals surface area contributed by atoms with E-state index in [-0.39, 0.29) is 24.5 Å². The molecule has 96 valence electrons. The molecule has 0 fully saturated rings. The third-order valence-corrected chi connectivity index (χ3v) is 1.92. The number of Topliss-reactive ketones (excluding diaryl/α,β-unsaturated/α-hetero) is 1. The van der Waals surface area contributed by atoms with Gasteiger partial charge in [-0.3, -0.25) is 9.59 Å². The maximum absolute atomic E-state index is 11.2. The van der Waals surface area contributed by atoms with E-state index in [9.17, 15) is 9.59 Å². The molecule has 0 aromatic heterocycles. The van der Waals surface area contributed by atoms with Gasteiger partial charge in [0.1, 0.15) is 5.78 Å². The van der Waals surface area contributed by atoms with Gasteiger partial charge in [0.25, 0.3) is 0 Å². The van der Waals surface area contributed by atoms with Crippen LogP contribution in [0.2, 0.25) is 0 Å². The van der Waals surface area contributed by atoms with Crippen LogP contribution in [0.4, 0.5) is 0 Å². The van der Waals surface area contributed by atoms with E-state index in [2.05, 4.69) is 20.1 Å². The Labute approximate surface area is 104 Å². The van der Waals surface area contributed by atoms with E-state index >= 15 is 0 Å². The summed E-state index contributed by atoms with van der Waals surface area (Å²) < 4.78 is 0. The van der Waals surface area contributed by atoms with Crippen LogP contribution in [0.15, 0.2) is 37.5 Å². The Morgan fingerprint density at radius 3 is 2.18 bits per heavy atom. The molecule has 0 saturated heterocycles. The Balaban J connectivity index is 0. The summed E-state index contributed by atoms with van der Waals surface area (Å²) in [6, 6.07) is 0. The highest BCUT2D eigenvalue weighted by Crippen LogP contribution is 2.04. The fourth-order valence-electron chi connectivity index (χ4n) is 0.810. The molecule has 0 heterocycles. The average molecular weight is 238 g/mol. The normalized spacial score (nSPS) is 11.2. The summed E-state index contributed by atoms with van der Waals surface area (Å²) in [6.07, 6.45) is 7.94. The van der Waals surface area contributed by atoms with E-state index in [0.29, 0.717) is 0 Å². The Morgan fingerprint density at radius 2 is 1.82 bits per heavy atom. The second-order valence-electron chi connectivity index (χ2n) is 3.47. The molecule has 1 N–H and O–H groups in total. The lowest BCUT2D eigenvalue weighted by Gasteiger charge is -2.02. The smallest absolute Gasteiger partial charge is 0.303 e. The topological polar surface area (TPSA) is 54.4 Å². The van der Waals surface area contributed by atoms with Crippen molar-refractivity contribution in [2.24, 2.45) is 5.92 Å². The number of allylic oxidation sites excluding steroid dienone is 4. The van der Waals surface area contributed by atoms with Gasteiger partial charge < -0.3 is 5.11 Å². The van der Waals surface area contributed by atoms with Gasteiger partial charge in [0, 0.05) is 12.3 Å². The standard InChI is InChI=1S/C10H14O3.C4H8/c1-3-4-5-8(2)9(11)6-7-10(12)13;1-3-4-2/h3-5,8H,1,6-7H2,2H3,(H,12,13);3H,1,4H2,2H3/b5-4-;. The maximum Gasteiger partial charge on any atom is 0.303 e. The SMILES string of the molecule is C=C/C=C\C(C)C(=O)CCC(=O)O.C=CCC. The van der Waals surface area contributed by atoms with Crippen molar-refractivity contribution in [1.82, 2.24) is 0 Å². The van der Waals surface area contributed by atoms with Gasteiger partial charge in [0.2, 0.25) is 0 Å². The number of hydrogen-bond donors (Lipinski definition) is 1. The van der Waals surface area contributed by atoms with Crippen LogP contribution < -0.4 is 0 Å². The first-order valence-electron chi connectivity index (χ1n) is 5.64. The van der Waals surface area contributed by atoms with Crippen LogP contribution in [0.5, 0.6) is 0 Å². The molecule has 0 bridgehead atoms. The number of aliphatic carboxylic acids is 1. The summed E-state index contributed by atoms with van der Waals surface area (Å²) in [5.74, 6) is -1.22. The zero-order valence-corrected chi connectivity index (χ0v) is 10.7. The van der Waals surface area contributed by atoms with Crippen molar-refractivity contribution in [3.8, 4) is 0 Å². The molecule has 0 amide bonds. The first kappa shape index (κ1) is 17.7. The summed E-state index contributed by atoms with van der Waals surface area (Å²) >= 11 is 0. The number of rotatable bonds is 7. The van der Waals surface area contributed by atoms with E-state index in [1.807, 2.05) is 6.08 Å². The van der Waals surface area contributed by atoms with Gasteiger partial charge in [-0.25, -0.2) is 0 Å². The molecule has 0 aliphatic heterocycles. The molecule has 0 aliphatic carbocycles. The zero-order chi connectivity index (χ0) is 13.7. The number of ketones is 1. The molecule has 0 aliphatic rings. The molecule has 0 aromatic carbocycles. The zero-order valence-electron chi connectivity index (χ0n) is 10.7. The van der Waals surface area contributed by atoms with Gasteiger partial charge in [0.15, 0.2) is 0 Å². The van der Waals surface area contributed by atoms with Gasteiger partial charge in [0.05, 0.1) is 6.42 Å². The van der Waals surface area contributed by atoms with Crippen molar-refractivity contribution >= 4 is 11.8 Å². The summed E-state index contributed by atoms with van der Waals surface area (Å²) in [4.78, 5) is 21.4. The monoisotopic (exact) mass is 238 g/mol. The van der Waals surface area contributed by atoms with Gasteiger partial charge in [-0.05, 0) is 6.42 Å². The molecule has 3 heteroatoms. The van der Waals surface area contributed by atoms with E-state index in [4.69, 9.17) is 5.11 Å². The third-order valence-electron chi connectivity index (χ3n) is 1.92. The number of hydrogen-bond acceptors (Lipinski definition) is 2. The lowest BCUT2D eigenvalue weighted by atomic mass is 10.0. The Bertz CT molecular complexity index is 277. The van der Waals surface area contributed by atoms with Gasteiger partial charge in [-0.1, -0.05) is 44.7 Å². The summed E-state index contributed by atoms with van der Waals surface area (Å²) in [5.41, 5.74) is 0. The van der Waals surface area contributed by atoms with E-state index in [0.717, 1.165) is 6.42 Å². The molecule has 1 unspecified atom stereocenters. The van der Waals surface area contributed by atoms with E-state index in [1.54, 1.807) is 25.2 Å². The first-order chi connectivity index (χ1) is 7.99. The van der Waals surface area contributed by atoms with Crippen LogP contribution in [0.25, 0.3) is 0 Å². The summed E-state index contributed by atoms with van der Waals surface area (Å²) in [5, 5.41) is 8.33. The number of carbonyl (C=O) groups is 2. The molecular weight excluding hydrogens is 216 g/mol. The van der Waals surface area contributed by atoms with Crippen molar-refractivity contribution in [3.05, 3.63) is 37.5 Å². The molecule has 0 spiro atoms. The molecule has 0 radical (unpaired) electrons. The third kappa shape index (κ3) is 14.4. The van der Waals surface area contributed by atoms with Crippen molar-refractivity contribution < 1.29 is 14.7 Å². The number of carboxylic acid groups (broad SMARTS) is 1. The number of carboxylic acids is 1. The Morgan fingerprint density at radius 1 is 1.29 bits per heavy atom. The van der Waals surface area contributed by atoms with Gasteiger partial charge in [-0.2, -0.15) is 0 Å². The quantitative estimate of drug-likeness (QED) is 0.546. The fraction of sp³-hybridized carbons (Fsp3) is 0.429. The minimum Gasteiger partial charge on any atom is -0.481 e. The van der Waals surface area contributed by atoms with Crippen LogP contribution in [-0.2, 0) is 9.59 Å². The van der Waals surface area contributed by atoms with Crippen LogP contribution in [0, 0.1) is 5.92 Å². The molecule has 3 nitrogen and oxygen atoms in total. The predicted molar refractivity (Wildman–Crippen MR) is 70.9 cm³/mol. The summed E-state index contributed by atoms with van der Waals surface area (Å²) in [6.45, 7) is 10.8.